The maximum Gasteiger partial charge on any atom is 0.472 e. The summed E-state index contributed by atoms with van der Waals surface area (Å²) in [7, 11) is -9.91. The molecule has 3 N–H and O–H groups in total. The molecule has 19 heteroatoms. The zero-order valence-corrected chi connectivity index (χ0v) is 62.5. The van der Waals surface area contributed by atoms with Crippen LogP contribution in [0.3, 0.4) is 0 Å². The molecule has 17 nitrogen and oxygen atoms in total. The van der Waals surface area contributed by atoms with Gasteiger partial charge in [-0.2, -0.15) is 0 Å². The van der Waals surface area contributed by atoms with E-state index in [-0.39, 0.29) is 25.7 Å². The largest absolute Gasteiger partial charge is 0.472 e. The molecule has 0 aromatic carbocycles. The second kappa shape index (κ2) is 64.7. The van der Waals surface area contributed by atoms with E-state index in [0.29, 0.717) is 25.7 Å². The van der Waals surface area contributed by atoms with E-state index in [4.69, 9.17) is 37.0 Å². The SMILES string of the molecule is CCCCCCCCCCCCCCC(=O)O[C@H](COC(=O)CCCCCCCCC(C)CC)COP(=O)(O)OC[C@H](O)COP(=O)(O)OC[C@@H](COC(=O)CCCCCCCCCCCCCCC(C)C)OC(=O)CCCCCCCCCCCCCCCC(C)C. The van der Waals surface area contributed by atoms with Gasteiger partial charge in [0, 0.05) is 25.7 Å². The minimum atomic E-state index is -4.96. The van der Waals surface area contributed by atoms with E-state index in [1.807, 2.05) is 0 Å². The number of aliphatic hydroxyl groups is 1. The minimum Gasteiger partial charge on any atom is -0.462 e. The molecular formula is C74H144O17P2. The van der Waals surface area contributed by atoms with Crippen molar-refractivity contribution in [2.75, 3.05) is 39.6 Å². The van der Waals surface area contributed by atoms with Crippen LogP contribution in [0.1, 0.15) is 376 Å². The van der Waals surface area contributed by atoms with Crippen molar-refractivity contribution in [2.24, 2.45) is 17.8 Å². The highest BCUT2D eigenvalue weighted by atomic mass is 31.2. The number of carbonyl (C=O) groups is 4. The molecule has 0 aliphatic rings. The lowest BCUT2D eigenvalue weighted by Crippen LogP contribution is -2.30. The highest BCUT2D eigenvalue weighted by Crippen LogP contribution is 2.45. The molecule has 0 aromatic heterocycles. The molecule has 6 atom stereocenters. The molecule has 0 fully saturated rings. The zero-order chi connectivity index (χ0) is 68.7. The maximum atomic E-state index is 13.1. The Morgan fingerprint density at radius 1 is 0.312 bits per heavy atom. The monoisotopic (exact) mass is 1370 g/mol. The van der Waals surface area contributed by atoms with E-state index >= 15 is 0 Å². The number of carbonyl (C=O) groups excluding carboxylic acids is 4. The van der Waals surface area contributed by atoms with E-state index in [0.717, 1.165) is 114 Å². The summed E-state index contributed by atoms with van der Waals surface area (Å²) < 4.78 is 68.5. The van der Waals surface area contributed by atoms with Crippen molar-refractivity contribution >= 4 is 39.5 Å². The van der Waals surface area contributed by atoms with Crippen LogP contribution >= 0.6 is 15.6 Å². The molecule has 0 aliphatic carbocycles. The molecule has 0 rings (SSSR count). The average Bonchev–Trinajstić information content (AvgIpc) is 2.18. The maximum absolute atomic E-state index is 13.1. The van der Waals surface area contributed by atoms with Gasteiger partial charge in [-0.05, 0) is 43.4 Å². The van der Waals surface area contributed by atoms with Crippen molar-refractivity contribution in [1.29, 1.82) is 0 Å². The second-order valence-corrected chi connectivity index (χ2v) is 30.8. The van der Waals surface area contributed by atoms with Crippen molar-refractivity contribution in [3.63, 3.8) is 0 Å². The fraction of sp³-hybridized carbons (Fsp3) is 0.946. The van der Waals surface area contributed by atoms with Gasteiger partial charge in [0.2, 0.25) is 0 Å². The molecule has 0 aromatic rings. The fourth-order valence-corrected chi connectivity index (χ4v) is 12.8. The number of hydrogen-bond acceptors (Lipinski definition) is 15. The van der Waals surface area contributed by atoms with Crippen molar-refractivity contribution in [1.82, 2.24) is 0 Å². The molecule has 0 aliphatic heterocycles. The number of aliphatic hydroxyl groups excluding tert-OH is 1. The van der Waals surface area contributed by atoms with E-state index in [1.165, 1.54) is 180 Å². The molecule has 0 saturated heterocycles. The van der Waals surface area contributed by atoms with Crippen LogP contribution in [0.5, 0.6) is 0 Å². The van der Waals surface area contributed by atoms with Crippen LogP contribution in [0.2, 0.25) is 0 Å². The number of unbranched alkanes of at least 4 members (excludes halogenated alkanes) is 39. The van der Waals surface area contributed by atoms with Crippen molar-refractivity contribution < 1.29 is 80.2 Å². The van der Waals surface area contributed by atoms with Gasteiger partial charge in [-0.15, -0.1) is 0 Å². The van der Waals surface area contributed by atoms with Crippen LogP contribution in [0.4, 0.5) is 0 Å². The van der Waals surface area contributed by atoms with Gasteiger partial charge in [0.1, 0.15) is 19.3 Å². The van der Waals surface area contributed by atoms with Crippen molar-refractivity contribution in [2.45, 2.75) is 394 Å². The van der Waals surface area contributed by atoms with Crippen molar-refractivity contribution in [3.05, 3.63) is 0 Å². The van der Waals surface area contributed by atoms with Gasteiger partial charge in [0.25, 0.3) is 0 Å². The van der Waals surface area contributed by atoms with Gasteiger partial charge < -0.3 is 33.8 Å². The molecule has 552 valence electrons. The third kappa shape index (κ3) is 67.0. The first-order valence-electron chi connectivity index (χ1n) is 38.4. The fourth-order valence-electron chi connectivity index (χ4n) is 11.2. The summed E-state index contributed by atoms with van der Waals surface area (Å²) in [5, 5.41) is 10.6. The Morgan fingerprint density at radius 2 is 0.548 bits per heavy atom. The summed E-state index contributed by atoms with van der Waals surface area (Å²) in [5.41, 5.74) is 0. The standard InChI is InChI=1S/C74H144O17P2/c1-8-10-11-12-13-14-15-23-29-34-43-50-57-73(78)91-70(62-85-72(77)56-49-42-37-36-40-47-54-67(7)9-2)64-89-93(82,83)87-60-68(75)59-86-92(80,81)88-63-69(61-84-71(76)55-48-41-33-28-24-20-19-22-27-32-39-46-53-66(5)6)90-74(79)58-51-44-35-30-25-18-16-17-21-26-31-38-45-52-65(3)4/h65-70,75H,8-64H2,1-7H3,(H,80,81)(H,82,83)/t67?,68-,69-,70-/m1/s1. The molecule has 0 spiro atoms. The first-order valence-corrected chi connectivity index (χ1v) is 41.4. The van der Waals surface area contributed by atoms with E-state index < -0.39 is 97.5 Å². The number of hydrogen-bond donors (Lipinski definition) is 3. The van der Waals surface area contributed by atoms with Crippen molar-refractivity contribution in [3.8, 4) is 0 Å². The zero-order valence-electron chi connectivity index (χ0n) is 60.7. The van der Waals surface area contributed by atoms with Gasteiger partial charge in [-0.25, -0.2) is 9.13 Å². The van der Waals surface area contributed by atoms with Gasteiger partial charge in [0.05, 0.1) is 26.4 Å². The highest BCUT2D eigenvalue weighted by Gasteiger charge is 2.30. The Kier molecular flexibility index (Phi) is 63.4. The molecule has 3 unspecified atom stereocenters. The first kappa shape index (κ1) is 91.1. The quantitative estimate of drug-likeness (QED) is 0.0222. The second-order valence-electron chi connectivity index (χ2n) is 27.9. The van der Waals surface area contributed by atoms with E-state index in [1.54, 1.807) is 0 Å². The Balaban J connectivity index is 5.26. The Bertz CT molecular complexity index is 1820. The first-order chi connectivity index (χ1) is 44.8. The topological polar surface area (TPSA) is 237 Å². The molecular weight excluding hydrogens is 1220 g/mol. The minimum absolute atomic E-state index is 0.106. The average molecular weight is 1370 g/mol. The van der Waals surface area contributed by atoms with Crippen LogP contribution in [0.25, 0.3) is 0 Å². The van der Waals surface area contributed by atoms with Crippen LogP contribution in [-0.4, -0.2) is 96.7 Å². The molecule has 0 bridgehead atoms. The summed E-state index contributed by atoms with van der Waals surface area (Å²) in [6.45, 7) is 11.9. The van der Waals surface area contributed by atoms with Gasteiger partial charge in [-0.3, -0.25) is 37.3 Å². The lowest BCUT2D eigenvalue weighted by atomic mass is 10.00. The third-order valence-electron chi connectivity index (χ3n) is 17.5. The van der Waals surface area contributed by atoms with Gasteiger partial charge in [0.15, 0.2) is 12.2 Å². The van der Waals surface area contributed by atoms with Gasteiger partial charge >= 0.3 is 39.5 Å². The molecule has 93 heavy (non-hydrogen) atoms. The summed E-state index contributed by atoms with van der Waals surface area (Å²) in [6.07, 6.45) is 49.9. The Morgan fingerprint density at radius 3 is 0.817 bits per heavy atom. The summed E-state index contributed by atoms with van der Waals surface area (Å²) >= 11 is 0. The normalized spacial score (nSPS) is 14.4. The third-order valence-corrected chi connectivity index (χ3v) is 19.4. The number of esters is 4. The van der Waals surface area contributed by atoms with Crippen LogP contribution in [-0.2, 0) is 65.4 Å². The predicted octanol–water partition coefficient (Wildman–Crippen LogP) is 21.4. The van der Waals surface area contributed by atoms with E-state index in [9.17, 15) is 43.2 Å². The molecule has 0 saturated carbocycles. The Hall–Kier alpha value is -1.94. The number of ether oxygens (including phenoxy) is 4. The van der Waals surface area contributed by atoms with Crippen LogP contribution in [0, 0.1) is 17.8 Å². The van der Waals surface area contributed by atoms with Gasteiger partial charge in [-0.1, -0.05) is 325 Å². The summed E-state index contributed by atoms with van der Waals surface area (Å²) in [4.78, 5) is 72.7. The highest BCUT2D eigenvalue weighted by molar-refractivity contribution is 7.47. The number of phosphoric ester groups is 2. The number of phosphoric acid groups is 2. The van der Waals surface area contributed by atoms with E-state index in [2.05, 4.69) is 48.5 Å². The van der Waals surface area contributed by atoms with Crippen LogP contribution in [0.15, 0.2) is 0 Å². The lowest BCUT2D eigenvalue weighted by molar-refractivity contribution is -0.161. The Labute approximate surface area is 568 Å². The molecule has 0 radical (unpaired) electrons. The number of rotatable bonds is 72. The smallest absolute Gasteiger partial charge is 0.462 e. The molecule has 0 amide bonds. The molecule has 0 heterocycles. The summed E-state index contributed by atoms with van der Waals surface area (Å²) in [6, 6.07) is 0. The van der Waals surface area contributed by atoms with Crippen LogP contribution < -0.4 is 0 Å². The summed E-state index contributed by atoms with van der Waals surface area (Å²) in [5.74, 6) is 0.179. The predicted molar refractivity (Wildman–Crippen MR) is 377 cm³/mol. The lowest BCUT2D eigenvalue weighted by Gasteiger charge is -2.21.